The first-order chi connectivity index (χ1) is 8.73. The minimum atomic E-state index is -0.970. The predicted molar refractivity (Wildman–Crippen MR) is 70.9 cm³/mol. The van der Waals surface area contributed by atoms with Gasteiger partial charge in [-0.3, -0.25) is 9.69 Å². The summed E-state index contributed by atoms with van der Waals surface area (Å²) in [6.07, 6.45) is 0. The molecule has 0 aromatic carbocycles. The number of amides is 1. The highest BCUT2D eigenvalue weighted by atomic mass is 16.5. The van der Waals surface area contributed by atoms with Crippen LogP contribution in [0.3, 0.4) is 0 Å². The maximum Gasteiger partial charge on any atom is 0.329 e. The lowest BCUT2D eigenvalue weighted by atomic mass is 9.94. The largest absolute Gasteiger partial charge is 0.480 e. The van der Waals surface area contributed by atoms with Gasteiger partial charge in [-0.1, -0.05) is 13.8 Å². The van der Waals surface area contributed by atoms with E-state index in [-0.39, 0.29) is 18.6 Å². The van der Waals surface area contributed by atoms with E-state index in [2.05, 4.69) is 5.32 Å². The Morgan fingerprint density at radius 3 is 2.42 bits per heavy atom. The van der Waals surface area contributed by atoms with Crippen molar-refractivity contribution >= 4 is 11.9 Å². The topological polar surface area (TPSA) is 78.9 Å². The lowest BCUT2D eigenvalue weighted by Crippen LogP contribution is -2.66. The number of ether oxygens (including phenoxy) is 1. The molecule has 0 bridgehead atoms. The van der Waals surface area contributed by atoms with Gasteiger partial charge in [0.2, 0.25) is 5.91 Å². The minimum Gasteiger partial charge on any atom is -0.480 e. The zero-order valence-corrected chi connectivity index (χ0v) is 12.1. The van der Waals surface area contributed by atoms with Crippen LogP contribution in [-0.2, 0) is 14.3 Å². The van der Waals surface area contributed by atoms with Gasteiger partial charge in [0.25, 0.3) is 0 Å². The smallest absolute Gasteiger partial charge is 0.329 e. The lowest BCUT2D eigenvalue weighted by Gasteiger charge is -2.49. The van der Waals surface area contributed by atoms with Crippen LogP contribution in [-0.4, -0.2) is 59.8 Å². The van der Waals surface area contributed by atoms with Crippen molar-refractivity contribution < 1.29 is 19.4 Å². The number of aliphatic carboxylic acids is 1. The summed E-state index contributed by atoms with van der Waals surface area (Å²) in [6, 6.07) is -0.208. The summed E-state index contributed by atoms with van der Waals surface area (Å²) in [5, 5.41) is 11.5. The van der Waals surface area contributed by atoms with Gasteiger partial charge in [0, 0.05) is 19.6 Å². The van der Waals surface area contributed by atoms with Crippen LogP contribution in [0.15, 0.2) is 0 Å². The third kappa shape index (κ3) is 4.80. The number of carboxylic acid groups (broad SMARTS) is 1. The zero-order valence-electron chi connectivity index (χ0n) is 12.1. The number of carbonyl (C=O) groups excluding carboxylic acids is 1. The second-order valence-corrected chi connectivity index (χ2v) is 5.85. The first-order valence-electron chi connectivity index (χ1n) is 6.61. The van der Waals surface area contributed by atoms with Gasteiger partial charge in [0.05, 0.1) is 11.6 Å². The van der Waals surface area contributed by atoms with Gasteiger partial charge >= 0.3 is 5.97 Å². The molecule has 1 aliphatic rings. The van der Waals surface area contributed by atoms with Crippen LogP contribution in [0.25, 0.3) is 0 Å². The Morgan fingerprint density at radius 2 is 1.95 bits per heavy atom. The molecule has 1 amide bonds. The van der Waals surface area contributed by atoms with E-state index in [0.29, 0.717) is 25.6 Å². The maximum absolute atomic E-state index is 11.9. The van der Waals surface area contributed by atoms with Crippen LogP contribution in [0.1, 0.15) is 27.7 Å². The molecule has 19 heavy (non-hydrogen) atoms. The molecule has 6 nitrogen and oxygen atoms in total. The Kier molecular flexibility index (Phi) is 5.31. The van der Waals surface area contributed by atoms with E-state index in [4.69, 9.17) is 9.84 Å². The molecule has 1 rings (SSSR count). The fourth-order valence-corrected chi connectivity index (χ4v) is 2.03. The molecule has 110 valence electrons. The monoisotopic (exact) mass is 272 g/mol. The molecule has 1 fully saturated rings. The van der Waals surface area contributed by atoms with Crippen molar-refractivity contribution in [3.63, 3.8) is 0 Å². The van der Waals surface area contributed by atoms with Crippen LogP contribution in [0.2, 0.25) is 0 Å². The predicted octanol–water partition coefficient (Wildman–Crippen LogP) is 0.323. The maximum atomic E-state index is 11.9. The second-order valence-electron chi connectivity index (χ2n) is 5.85. The Hall–Kier alpha value is -1.14. The van der Waals surface area contributed by atoms with Crippen LogP contribution in [0, 0.1) is 5.92 Å². The summed E-state index contributed by atoms with van der Waals surface area (Å²) in [5.74, 6) is -0.534. The third-order valence-corrected chi connectivity index (χ3v) is 3.23. The van der Waals surface area contributed by atoms with Crippen molar-refractivity contribution in [2.24, 2.45) is 5.92 Å². The summed E-state index contributed by atoms with van der Waals surface area (Å²) >= 11 is 0. The number of nitrogens with zero attached hydrogens (tertiary/aromatic N) is 1. The van der Waals surface area contributed by atoms with Crippen molar-refractivity contribution in [2.45, 2.75) is 39.3 Å². The number of hydrogen-bond acceptors (Lipinski definition) is 4. The highest BCUT2D eigenvalue weighted by Gasteiger charge is 2.43. The molecule has 1 atom stereocenters. The van der Waals surface area contributed by atoms with E-state index in [1.54, 1.807) is 0 Å². The normalized spacial score (nSPS) is 19.8. The SMILES string of the molecule is CC(C)CNC(=O)C(C)N1CC(C)(OCC(=O)O)C1. The summed E-state index contributed by atoms with van der Waals surface area (Å²) in [5.41, 5.74) is -0.453. The quantitative estimate of drug-likeness (QED) is 0.698. The summed E-state index contributed by atoms with van der Waals surface area (Å²) in [6.45, 7) is 9.35. The number of hydrogen-bond donors (Lipinski definition) is 2. The number of carboxylic acids is 1. The van der Waals surface area contributed by atoms with Crippen molar-refractivity contribution in [3.8, 4) is 0 Å². The van der Waals surface area contributed by atoms with E-state index >= 15 is 0 Å². The van der Waals surface area contributed by atoms with Crippen molar-refractivity contribution in [2.75, 3.05) is 26.2 Å². The van der Waals surface area contributed by atoms with Gasteiger partial charge in [-0.05, 0) is 19.8 Å². The second kappa shape index (κ2) is 6.34. The number of carbonyl (C=O) groups is 2. The third-order valence-electron chi connectivity index (χ3n) is 3.23. The lowest BCUT2D eigenvalue weighted by molar-refractivity contribution is -0.171. The van der Waals surface area contributed by atoms with Crippen molar-refractivity contribution in [3.05, 3.63) is 0 Å². The number of likely N-dealkylation sites (tertiary alicyclic amines) is 1. The average molecular weight is 272 g/mol. The number of rotatable bonds is 7. The van der Waals surface area contributed by atoms with Gasteiger partial charge in [0.1, 0.15) is 6.61 Å². The molecule has 0 saturated carbocycles. The molecular weight excluding hydrogens is 248 g/mol. The van der Waals surface area contributed by atoms with Gasteiger partial charge in [-0.25, -0.2) is 4.79 Å². The molecule has 6 heteroatoms. The molecule has 0 aromatic heterocycles. The van der Waals surface area contributed by atoms with E-state index in [9.17, 15) is 9.59 Å². The molecule has 0 aliphatic carbocycles. The molecule has 0 aromatic rings. The first-order valence-corrected chi connectivity index (χ1v) is 6.61. The van der Waals surface area contributed by atoms with Crippen LogP contribution >= 0.6 is 0 Å². The standard InChI is InChI=1S/C13H24N2O4/c1-9(2)5-14-12(18)10(3)15-7-13(4,8-15)19-6-11(16)17/h9-10H,5-8H2,1-4H3,(H,14,18)(H,16,17). The van der Waals surface area contributed by atoms with Gasteiger partial charge < -0.3 is 15.2 Å². The highest BCUT2D eigenvalue weighted by molar-refractivity contribution is 5.81. The van der Waals surface area contributed by atoms with E-state index in [1.807, 2.05) is 32.6 Å². The van der Waals surface area contributed by atoms with Gasteiger partial charge in [-0.2, -0.15) is 0 Å². The zero-order chi connectivity index (χ0) is 14.6. The van der Waals surface area contributed by atoms with E-state index in [0.717, 1.165) is 0 Å². The molecule has 1 saturated heterocycles. The average Bonchev–Trinajstić information content (AvgIpc) is 2.28. The van der Waals surface area contributed by atoms with Crippen molar-refractivity contribution in [1.29, 1.82) is 0 Å². The fraction of sp³-hybridized carbons (Fsp3) is 0.846. The summed E-state index contributed by atoms with van der Waals surface area (Å²) < 4.78 is 5.31. The summed E-state index contributed by atoms with van der Waals surface area (Å²) in [4.78, 5) is 24.3. The molecule has 0 spiro atoms. The first kappa shape index (κ1) is 15.9. The number of nitrogens with one attached hydrogen (secondary N) is 1. The van der Waals surface area contributed by atoms with Crippen molar-refractivity contribution in [1.82, 2.24) is 10.2 Å². The van der Waals surface area contributed by atoms with E-state index < -0.39 is 11.6 Å². The molecular formula is C13H24N2O4. The molecule has 2 N–H and O–H groups in total. The van der Waals surface area contributed by atoms with Crippen LogP contribution in [0.5, 0.6) is 0 Å². The minimum absolute atomic E-state index is 0.00832. The van der Waals surface area contributed by atoms with Gasteiger partial charge in [0.15, 0.2) is 0 Å². The molecule has 0 radical (unpaired) electrons. The van der Waals surface area contributed by atoms with E-state index in [1.165, 1.54) is 0 Å². The Balaban J connectivity index is 2.32. The van der Waals surface area contributed by atoms with Crippen LogP contribution in [0.4, 0.5) is 0 Å². The molecule has 1 aliphatic heterocycles. The fourth-order valence-electron chi connectivity index (χ4n) is 2.03. The van der Waals surface area contributed by atoms with Gasteiger partial charge in [-0.15, -0.1) is 0 Å². The Bertz CT molecular complexity index is 338. The molecule has 1 heterocycles. The highest BCUT2D eigenvalue weighted by Crippen LogP contribution is 2.26. The Morgan fingerprint density at radius 1 is 1.37 bits per heavy atom. The van der Waals surface area contributed by atoms with Crippen LogP contribution < -0.4 is 5.32 Å². The summed E-state index contributed by atoms with van der Waals surface area (Å²) in [7, 11) is 0. The molecule has 1 unspecified atom stereocenters. The Labute approximate surface area is 114 Å².